The van der Waals surface area contributed by atoms with Gasteiger partial charge in [-0.3, -0.25) is 4.79 Å². The molecule has 0 radical (unpaired) electrons. The second kappa shape index (κ2) is 7.53. The molecule has 4 heteroatoms. The Morgan fingerprint density at radius 3 is 2.68 bits per heavy atom. The van der Waals surface area contributed by atoms with Crippen molar-refractivity contribution in [1.82, 2.24) is 5.32 Å². The Kier molecular flexibility index (Phi) is 6.35. The molecule has 1 N–H and O–H groups in total. The number of aryl methyl sites for hydroxylation is 1. The first-order valence-corrected chi connectivity index (χ1v) is 7.42. The number of methoxy groups -OCH3 is 1. The topological polar surface area (TPSA) is 38.3 Å². The molecule has 1 aromatic rings. The molecule has 1 aromatic carbocycles. The van der Waals surface area contributed by atoms with Crippen LogP contribution in [-0.4, -0.2) is 24.4 Å². The molecule has 0 aliphatic heterocycles. The number of benzene rings is 1. The Morgan fingerprint density at radius 2 is 2.11 bits per heavy atom. The van der Waals surface area contributed by atoms with E-state index in [9.17, 15) is 4.79 Å². The highest BCUT2D eigenvalue weighted by Crippen LogP contribution is 2.19. The monoisotopic (exact) mass is 327 g/mol. The maximum atomic E-state index is 12.0. The minimum atomic E-state index is -0.0634. The molecule has 0 fully saturated rings. The first kappa shape index (κ1) is 16.0. The standard InChI is InChI=1S/C15H22BrNO2/c1-10(2)7-13(16)9-17-15(18)12-6-5-11(3)14(8-12)19-4/h5-6,8,10,13H,7,9H2,1-4H3,(H,17,18). The molecule has 1 unspecified atom stereocenters. The van der Waals surface area contributed by atoms with Crippen molar-refractivity contribution in [2.24, 2.45) is 5.92 Å². The number of carbonyl (C=O) groups excluding carboxylic acids is 1. The predicted molar refractivity (Wildman–Crippen MR) is 82.2 cm³/mol. The van der Waals surface area contributed by atoms with Gasteiger partial charge in [-0.05, 0) is 37.0 Å². The number of halogens is 1. The van der Waals surface area contributed by atoms with Crippen molar-refractivity contribution in [3.05, 3.63) is 29.3 Å². The average molecular weight is 328 g/mol. The Morgan fingerprint density at radius 1 is 1.42 bits per heavy atom. The number of nitrogens with one attached hydrogen (secondary N) is 1. The summed E-state index contributed by atoms with van der Waals surface area (Å²) in [5.41, 5.74) is 1.66. The van der Waals surface area contributed by atoms with Crippen molar-refractivity contribution < 1.29 is 9.53 Å². The van der Waals surface area contributed by atoms with Crippen molar-refractivity contribution in [2.45, 2.75) is 32.0 Å². The van der Waals surface area contributed by atoms with E-state index >= 15 is 0 Å². The highest BCUT2D eigenvalue weighted by molar-refractivity contribution is 9.09. The van der Waals surface area contributed by atoms with Crippen LogP contribution in [0.2, 0.25) is 0 Å². The van der Waals surface area contributed by atoms with Crippen molar-refractivity contribution in [2.75, 3.05) is 13.7 Å². The zero-order valence-electron chi connectivity index (χ0n) is 12.0. The highest BCUT2D eigenvalue weighted by atomic mass is 79.9. The molecule has 106 valence electrons. The van der Waals surface area contributed by atoms with Crippen LogP contribution in [0.4, 0.5) is 0 Å². The van der Waals surface area contributed by atoms with Gasteiger partial charge < -0.3 is 10.1 Å². The van der Waals surface area contributed by atoms with Gasteiger partial charge in [-0.2, -0.15) is 0 Å². The Balaban J connectivity index is 2.58. The third-order valence-corrected chi connectivity index (χ3v) is 3.58. The van der Waals surface area contributed by atoms with Crippen molar-refractivity contribution in [1.29, 1.82) is 0 Å². The van der Waals surface area contributed by atoms with E-state index in [1.807, 2.05) is 19.1 Å². The van der Waals surface area contributed by atoms with E-state index in [4.69, 9.17) is 4.74 Å². The quantitative estimate of drug-likeness (QED) is 0.811. The van der Waals surface area contributed by atoms with E-state index in [2.05, 4.69) is 35.1 Å². The fraction of sp³-hybridized carbons (Fsp3) is 0.533. The fourth-order valence-electron chi connectivity index (χ4n) is 1.86. The van der Waals surface area contributed by atoms with Crippen molar-refractivity contribution in [3.63, 3.8) is 0 Å². The second-order valence-electron chi connectivity index (χ2n) is 5.12. The normalized spacial score (nSPS) is 12.3. The van der Waals surface area contributed by atoms with Crippen LogP contribution in [0.15, 0.2) is 18.2 Å². The van der Waals surface area contributed by atoms with Crippen LogP contribution in [0.5, 0.6) is 5.75 Å². The zero-order valence-corrected chi connectivity index (χ0v) is 13.6. The van der Waals surface area contributed by atoms with E-state index in [0.717, 1.165) is 17.7 Å². The number of amides is 1. The molecule has 0 saturated heterocycles. The summed E-state index contributed by atoms with van der Waals surface area (Å²) < 4.78 is 5.22. The van der Waals surface area contributed by atoms with E-state index < -0.39 is 0 Å². The van der Waals surface area contributed by atoms with Gasteiger partial charge in [0.15, 0.2) is 0 Å². The van der Waals surface area contributed by atoms with Crippen LogP contribution in [-0.2, 0) is 0 Å². The van der Waals surface area contributed by atoms with Gasteiger partial charge in [0.2, 0.25) is 0 Å². The molecule has 0 heterocycles. The summed E-state index contributed by atoms with van der Waals surface area (Å²) in [4.78, 5) is 12.3. The van der Waals surface area contributed by atoms with Crippen molar-refractivity contribution >= 4 is 21.8 Å². The van der Waals surface area contributed by atoms with E-state index in [1.54, 1.807) is 13.2 Å². The summed E-state index contributed by atoms with van der Waals surface area (Å²) in [6.45, 7) is 6.92. The van der Waals surface area contributed by atoms with E-state index in [0.29, 0.717) is 22.9 Å². The number of rotatable bonds is 6. The summed E-state index contributed by atoms with van der Waals surface area (Å²) in [5.74, 6) is 1.29. The molecule has 0 spiro atoms. The van der Waals surface area contributed by atoms with Gasteiger partial charge in [0.1, 0.15) is 5.75 Å². The van der Waals surface area contributed by atoms with Gasteiger partial charge in [-0.15, -0.1) is 0 Å². The largest absolute Gasteiger partial charge is 0.496 e. The number of alkyl halides is 1. The van der Waals surface area contributed by atoms with Gasteiger partial charge in [-0.1, -0.05) is 35.8 Å². The molecule has 1 rings (SSSR count). The molecule has 0 aliphatic carbocycles. The number of ether oxygens (including phenoxy) is 1. The average Bonchev–Trinajstić information content (AvgIpc) is 2.35. The fourth-order valence-corrected chi connectivity index (χ4v) is 2.77. The molecular weight excluding hydrogens is 306 g/mol. The van der Waals surface area contributed by atoms with Crippen LogP contribution in [0.1, 0.15) is 36.2 Å². The maximum absolute atomic E-state index is 12.0. The summed E-state index contributed by atoms with van der Waals surface area (Å²) in [6.07, 6.45) is 1.04. The minimum absolute atomic E-state index is 0.0634. The first-order chi connectivity index (χ1) is 8.93. The van der Waals surface area contributed by atoms with E-state index in [-0.39, 0.29) is 5.91 Å². The molecule has 0 bridgehead atoms. The number of carbonyl (C=O) groups is 1. The van der Waals surface area contributed by atoms with Gasteiger partial charge in [0.05, 0.1) is 7.11 Å². The lowest BCUT2D eigenvalue weighted by Gasteiger charge is -2.14. The van der Waals surface area contributed by atoms with Crippen LogP contribution in [0.25, 0.3) is 0 Å². The summed E-state index contributed by atoms with van der Waals surface area (Å²) in [7, 11) is 1.61. The zero-order chi connectivity index (χ0) is 14.4. The van der Waals surface area contributed by atoms with Crippen LogP contribution in [0, 0.1) is 12.8 Å². The van der Waals surface area contributed by atoms with Crippen LogP contribution < -0.4 is 10.1 Å². The third-order valence-electron chi connectivity index (χ3n) is 2.88. The molecule has 1 atom stereocenters. The summed E-state index contributed by atoms with van der Waals surface area (Å²) >= 11 is 3.58. The molecular formula is C15H22BrNO2. The first-order valence-electron chi connectivity index (χ1n) is 6.51. The molecule has 0 aromatic heterocycles. The second-order valence-corrected chi connectivity index (χ2v) is 6.42. The van der Waals surface area contributed by atoms with E-state index in [1.165, 1.54) is 0 Å². The lowest BCUT2D eigenvalue weighted by Crippen LogP contribution is -2.30. The molecule has 1 amide bonds. The summed E-state index contributed by atoms with van der Waals surface area (Å²) in [6, 6.07) is 5.49. The number of hydrogen-bond donors (Lipinski definition) is 1. The Labute approximate surface area is 123 Å². The van der Waals surface area contributed by atoms with Gasteiger partial charge in [-0.25, -0.2) is 0 Å². The van der Waals surface area contributed by atoms with Crippen molar-refractivity contribution in [3.8, 4) is 5.75 Å². The molecule has 19 heavy (non-hydrogen) atoms. The lowest BCUT2D eigenvalue weighted by molar-refractivity contribution is 0.0953. The third kappa shape index (κ3) is 5.23. The SMILES string of the molecule is COc1cc(C(=O)NCC(Br)CC(C)C)ccc1C. The van der Waals surface area contributed by atoms with Crippen LogP contribution >= 0.6 is 15.9 Å². The van der Waals surface area contributed by atoms with Gasteiger partial charge in [0.25, 0.3) is 5.91 Å². The number of hydrogen-bond acceptors (Lipinski definition) is 2. The smallest absolute Gasteiger partial charge is 0.251 e. The van der Waals surface area contributed by atoms with Crippen LogP contribution in [0.3, 0.4) is 0 Å². The van der Waals surface area contributed by atoms with Gasteiger partial charge >= 0.3 is 0 Å². The molecule has 0 saturated carbocycles. The minimum Gasteiger partial charge on any atom is -0.496 e. The summed E-state index contributed by atoms with van der Waals surface area (Å²) in [5, 5.41) is 2.93. The Hall–Kier alpha value is -1.03. The predicted octanol–water partition coefficient (Wildman–Crippen LogP) is 3.54. The maximum Gasteiger partial charge on any atom is 0.251 e. The molecule has 0 aliphatic rings. The van der Waals surface area contributed by atoms with Gasteiger partial charge in [0, 0.05) is 16.9 Å². The Bertz CT molecular complexity index is 432. The highest BCUT2D eigenvalue weighted by Gasteiger charge is 2.11. The lowest BCUT2D eigenvalue weighted by atomic mass is 10.1. The molecule has 3 nitrogen and oxygen atoms in total.